The van der Waals surface area contributed by atoms with Crippen molar-refractivity contribution in [2.75, 3.05) is 24.5 Å². The predicted molar refractivity (Wildman–Crippen MR) is 92.2 cm³/mol. The van der Waals surface area contributed by atoms with Gasteiger partial charge >= 0.3 is 0 Å². The Hall–Kier alpha value is -2.89. The second-order valence-corrected chi connectivity index (χ2v) is 6.28. The molecule has 6 heteroatoms. The highest BCUT2D eigenvalue weighted by Crippen LogP contribution is 2.21. The van der Waals surface area contributed by atoms with Crippen LogP contribution in [0.15, 0.2) is 48.8 Å². The Morgan fingerprint density at radius 1 is 1.25 bits per heavy atom. The molecule has 1 N–H and O–H groups in total. The van der Waals surface area contributed by atoms with Gasteiger partial charge in [0.05, 0.1) is 11.3 Å². The van der Waals surface area contributed by atoms with E-state index in [1.165, 1.54) is 0 Å². The van der Waals surface area contributed by atoms with Gasteiger partial charge in [-0.25, -0.2) is 0 Å². The highest BCUT2D eigenvalue weighted by molar-refractivity contribution is 5.95. The highest BCUT2D eigenvalue weighted by Gasteiger charge is 2.28. The summed E-state index contributed by atoms with van der Waals surface area (Å²) in [5, 5.41) is 11.3. The summed E-state index contributed by atoms with van der Waals surface area (Å²) < 4.78 is 1.95. The van der Waals surface area contributed by atoms with Crippen LogP contribution >= 0.6 is 0 Å². The molecule has 1 fully saturated rings. The fourth-order valence-corrected chi connectivity index (χ4v) is 2.97. The van der Waals surface area contributed by atoms with E-state index in [2.05, 4.69) is 20.4 Å². The molecule has 0 radical (unpaired) electrons. The molecule has 1 aliphatic rings. The lowest BCUT2D eigenvalue weighted by Gasteiger charge is -2.39. The Bertz CT molecular complexity index is 832. The van der Waals surface area contributed by atoms with Crippen LogP contribution in [0.4, 0.5) is 5.82 Å². The third kappa shape index (κ3) is 2.82. The average Bonchev–Trinajstić information content (AvgIpc) is 2.99. The number of amides is 1. The largest absolute Gasteiger partial charge is 0.354 e. The van der Waals surface area contributed by atoms with Gasteiger partial charge in [0.15, 0.2) is 5.82 Å². The minimum absolute atomic E-state index is 0.0210. The molecule has 4 heterocycles. The lowest BCUT2D eigenvalue weighted by atomic mass is 10.00. The van der Waals surface area contributed by atoms with Gasteiger partial charge in [-0.2, -0.15) is 5.10 Å². The van der Waals surface area contributed by atoms with Crippen LogP contribution in [0.2, 0.25) is 0 Å². The minimum atomic E-state index is -0.0210. The molecule has 0 unspecified atom stereocenters. The van der Waals surface area contributed by atoms with Crippen molar-refractivity contribution in [3.63, 3.8) is 0 Å². The van der Waals surface area contributed by atoms with Gasteiger partial charge in [0, 0.05) is 43.5 Å². The third-order valence-corrected chi connectivity index (χ3v) is 4.38. The van der Waals surface area contributed by atoms with Gasteiger partial charge in [0.2, 0.25) is 0 Å². The Morgan fingerprint density at radius 3 is 2.88 bits per heavy atom. The number of hydrogen-bond acceptors (Lipinski definition) is 4. The number of aryl methyl sites for hydroxylation is 1. The van der Waals surface area contributed by atoms with Crippen molar-refractivity contribution in [1.82, 2.24) is 19.9 Å². The van der Waals surface area contributed by atoms with E-state index < -0.39 is 0 Å². The van der Waals surface area contributed by atoms with Gasteiger partial charge in [0.25, 0.3) is 5.91 Å². The van der Waals surface area contributed by atoms with Crippen molar-refractivity contribution in [1.29, 1.82) is 0 Å². The monoisotopic (exact) mass is 321 g/mol. The molecule has 122 valence electrons. The number of nitrogens with one attached hydrogen (secondary N) is 1. The van der Waals surface area contributed by atoms with Gasteiger partial charge in [-0.15, -0.1) is 5.10 Å². The molecule has 0 saturated carbocycles. The van der Waals surface area contributed by atoms with Crippen LogP contribution in [0.3, 0.4) is 0 Å². The summed E-state index contributed by atoms with van der Waals surface area (Å²) in [6.45, 7) is 4.41. The minimum Gasteiger partial charge on any atom is -0.354 e. The summed E-state index contributed by atoms with van der Waals surface area (Å²) in [5.41, 5.74) is 2.64. The summed E-state index contributed by atoms with van der Waals surface area (Å²) in [6.07, 6.45) is 3.80. The van der Waals surface area contributed by atoms with Crippen LogP contribution < -0.4 is 10.2 Å². The summed E-state index contributed by atoms with van der Waals surface area (Å²) in [4.78, 5) is 14.5. The van der Waals surface area contributed by atoms with E-state index in [0.29, 0.717) is 18.0 Å². The summed E-state index contributed by atoms with van der Waals surface area (Å²) >= 11 is 0. The average molecular weight is 321 g/mol. The van der Waals surface area contributed by atoms with Crippen molar-refractivity contribution in [3.8, 4) is 0 Å². The van der Waals surface area contributed by atoms with Crippen molar-refractivity contribution >= 4 is 17.2 Å². The van der Waals surface area contributed by atoms with E-state index in [0.717, 1.165) is 30.1 Å². The molecule has 3 aromatic rings. The zero-order chi connectivity index (χ0) is 16.5. The number of rotatable bonds is 4. The lowest BCUT2D eigenvalue weighted by Crippen LogP contribution is -2.51. The summed E-state index contributed by atoms with van der Waals surface area (Å²) in [5.74, 6) is 1.34. The molecule has 0 aliphatic carbocycles. The molecule has 0 atom stereocenters. The SMILES string of the molecule is Cc1ccc(N2CC(CNC(=O)c3cc4ccccn4c3)C2)nn1. The van der Waals surface area contributed by atoms with Crippen LogP contribution in [0.1, 0.15) is 16.1 Å². The van der Waals surface area contributed by atoms with Crippen molar-refractivity contribution < 1.29 is 4.79 Å². The third-order valence-electron chi connectivity index (χ3n) is 4.38. The molecule has 1 saturated heterocycles. The zero-order valence-corrected chi connectivity index (χ0v) is 13.5. The Kier molecular flexibility index (Phi) is 3.65. The van der Waals surface area contributed by atoms with Crippen LogP contribution in [-0.4, -0.2) is 40.1 Å². The summed E-state index contributed by atoms with van der Waals surface area (Å²) in [6, 6.07) is 11.8. The number of carbonyl (C=O) groups excluding carboxylic acids is 1. The van der Waals surface area contributed by atoms with Crippen LogP contribution in [-0.2, 0) is 0 Å². The first-order chi connectivity index (χ1) is 11.7. The maximum Gasteiger partial charge on any atom is 0.252 e. The molecule has 24 heavy (non-hydrogen) atoms. The summed E-state index contributed by atoms with van der Waals surface area (Å²) in [7, 11) is 0. The molecular formula is C18H19N5O. The van der Waals surface area contributed by atoms with Crippen LogP contribution in [0.25, 0.3) is 5.52 Å². The number of pyridine rings is 1. The van der Waals surface area contributed by atoms with E-state index in [4.69, 9.17) is 0 Å². The van der Waals surface area contributed by atoms with Crippen LogP contribution in [0.5, 0.6) is 0 Å². The maximum absolute atomic E-state index is 12.3. The number of fused-ring (bicyclic) bond motifs is 1. The normalized spacial score (nSPS) is 14.6. The fraction of sp³-hybridized carbons (Fsp3) is 0.278. The first-order valence-electron chi connectivity index (χ1n) is 8.09. The number of aromatic nitrogens is 3. The van der Waals surface area contributed by atoms with Gasteiger partial charge < -0.3 is 14.6 Å². The van der Waals surface area contributed by atoms with E-state index in [-0.39, 0.29) is 5.91 Å². The van der Waals surface area contributed by atoms with E-state index >= 15 is 0 Å². The standard InChI is InChI=1S/C18H19N5O/c1-13-5-6-17(21-20-13)23-10-14(11-23)9-19-18(24)15-8-16-4-2-3-7-22(16)12-15/h2-8,12,14H,9-11H2,1H3,(H,19,24). The molecular weight excluding hydrogens is 302 g/mol. The zero-order valence-electron chi connectivity index (χ0n) is 13.5. The first kappa shape index (κ1) is 14.7. The lowest BCUT2D eigenvalue weighted by molar-refractivity contribution is 0.0944. The smallest absolute Gasteiger partial charge is 0.252 e. The van der Waals surface area contributed by atoms with Gasteiger partial charge in [-0.05, 0) is 37.3 Å². The number of nitrogens with zero attached hydrogens (tertiary/aromatic N) is 4. The van der Waals surface area contributed by atoms with Gasteiger partial charge in [-0.1, -0.05) is 6.07 Å². The Balaban J connectivity index is 1.30. The van der Waals surface area contributed by atoms with E-state index in [1.54, 1.807) is 0 Å². The van der Waals surface area contributed by atoms with Crippen molar-refractivity contribution in [2.45, 2.75) is 6.92 Å². The predicted octanol–water partition coefficient (Wildman–Crippen LogP) is 1.90. The van der Waals surface area contributed by atoms with Crippen molar-refractivity contribution in [3.05, 3.63) is 60.0 Å². The van der Waals surface area contributed by atoms with E-state index in [1.807, 2.05) is 60.1 Å². The van der Waals surface area contributed by atoms with Gasteiger partial charge in [0.1, 0.15) is 0 Å². The maximum atomic E-state index is 12.3. The van der Waals surface area contributed by atoms with Crippen molar-refractivity contribution in [2.24, 2.45) is 5.92 Å². The second-order valence-electron chi connectivity index (χ2n) is 6.28. The topological polar surface area (TPSA) is 62.5 Å². The highest BCUT2D eigenvalue weighted by atomic mass is 16.1. The molecule has 1 amide bonds. The number of carbonyl (C=O) groups is 1. The van der Waals surface area contributed by atoms with Crippen LogP contribution in [0, 0.1) is 12.8 Å². The molecule has 0 spiro atoms. The second kappa shape index (κ2) is 5.96. The fourth-order valence-electron chi connectivity index (χ4n) is 2.97. The molecule has 4 rings (SSSR count). The Labute approximate surface area is 140 Å². The number of anilines is 1. The molecule has 6 nitrogen and oxygen atoms in total. The Morgan fingerprint density at radius 2 is 2.12 bits per heavy atom. The number of hydrogen-bond donors (Lipinski definition) is 1. The molecule has 1 aliphatic heterocycles. The molecule has 0 aromatic carbocycles. The quantitative estimate of drug-likeness (QED) is 0.797. The first-order valence-corrected chi connectivity index (χ1v) is 8.09. The molecule has 0 bridgehead atoms. The van der Waals surface area contributed by atoms with E-state index in [9.17, 15) is 4.79 Å². The molecule has 3 aromatic heterocycles. The van der Waals surface area contributed by atoms with Gasteiger partial charge in [-0.3, -0.25) is 4.79 Å².